The lowest BCUT2D eigenvalue weighted by molar-refractivity contribution is 0.547. The van der Waals surface area contributed by atoms with Crippen LogP contribution in [0, 0.1) is 5.92 Å². The maximum Gasteiger partial charge on any atom is 0.211 e. The van der Waals surface area contributed by atoms with Crippen LogP contribution in [0.3, 0.4) is 0 Å². The molecular weight excluding hydrogens is 138 g/mol. The molecule has 0 saturated heterocycles. The number of hydrogen-bond acceptors (Lipinski definition) is 2. The highest BCUT2D eigenvalue weighted by Crippen LogP contribution is 2.06. The van der Waals surface area contributed by atoms with Crippen molar-refractivity contribution in [2.45, 2.75) is 26.0 Å². The first-order valence-corrected chi connectivity index (χ1v) is 4.48. The molecule has 0 aliphatic heterocycles. The first-order chi connectivity index (χ1) is 3.85. The predicted octanol–water partition coefficient (Wildman–Crippen LogP) is 0.319. The Morgan fingerprint density at radius 1 is 1.22 bits per heavy atom. The quantitative estimate of drug-likeness (QED) is 0.617. The smallest absolute Gasteiger partial charge is 0.211 e. The topological polar surface area (TPSA) is 60.2 Å². The van der Waals surface area contributed by atoms with Crippen molar-refractivity contribution in [3.8, 4) is 0 Å². The molecule has 0 spiro atoms. The molecule has 3 nitrogen and oxygen atoms in total. The van der Waals surface area contributed by atoms with Crippen LogP contribution in [0.1, 0.15) is 20.8 Å². The largest absolute Gasteiger partial charge is 0.228 e. The molecule has 2 N–H and O–H groups in total. The molecule has 0 aromatic rings. The van der Waals surface area contributed by atoms with Crippen LogP contribution >= 0.6 is 0 Å². The lowest BCUT2D eigenvalue weighted by Gasteiger charge is -2.11. The molecule has 0 aliphatic rings. The van der Waals surface area contributed by atoms with Gasteiger partial charge in [0.15, 0.2) is 0 Å². The van der Waals surface area contributed by atoms with Crippen molar-refractivity contribution >= 4 is 10.0 Å². The van der Waals surface area contributed by atoms with Crippen molar-refractivity contribution in [1.29, 1.82) is 0 Å². The molecule has 0 radical (unpaired) electrons. The fourth-order valence-electron chi connectivity index (χ4n) is 0.379. The van der Waals surface area contributed by atoms with Crippen LogP contribution in [-0.2, 0) is 10.0 Å². The van der Waals surface area contributed by atoms with E-state index in [2.05, 4.69) is 0 Å². The highest BCUT2D eigenvalue weighted by molar-refractivity contribution is 7.89. The summed E-state index contributed by atoms with van der Waals surface area (Å²) < 4.78 is 21.1. The maximum absolute atomic E-state index is 10.6. The zero-order valence-electron chi connectivity index (χ0n) is 5.96. The highest BCUT2D eigenvalue weighted by Gasteiger charge is 2.18. The molecule has 0 aromatic carbocycles. The average Bonchev–Trinajstić information content (AvgIpc) is 1.62. The zero-order chi connectivity index (χ0) is 7.65. The van der Waals surface area contributed by atoms with Crippen molar-refractivity contribution in [3.63, 3.8) is 0 Å². The van der Waals surface area contributed by atoms with Crippen LogP contribution in [0.5, 0.6) is 0 Å². The van der Waals surface area contributed by atoms with E-state index in [9.17, 15) is 8.42 Å². The molecule has 0 aliphatic carbocycles. The first kappa shape index (κ1) is 8.91. The summed E-state index contributed by atoms with van der Waals surface area (Å²) in [4.78, 5) is 0. The monoisotopic (exact) mass is 151 g/mol. The zero-order valence-corrected chi connectivity index (χ0v) is 6.77. The van der Waals surface area contributed by atoms with Gasteiger partial charge in [0.2, 0.25) is 10.0 Å². The summed E-state index contributed by atoms with van der Waals surface area (Å²) in [6.07, 6.45) is 0. The van der Waals surface area contributed by atoms with Gasteiger partial charge in [-0.2, -0.15) is 0 Å². The van der Waals surface area contributed by atoms with Gasteiger partial charge < -0.3 is 0 Å². The molecular formula is C5H13NO2S. The van der Waals surface area contributed by atoms with E-state index >= 15 is 0 Å². The molecule has 0 fully saturated rings. The van der Waals surface area contributed by atoms with E-state index in [0.717, 1.165) is 0 Å². The van der Waals surface area contributed by atoms with E-state index in [1.165, 1.54) is 0 Å². The summed E-state index contributed by atoms with van der Waals surface area (Å²) >= 11 is 0. The average molecular weight is 151 g/mol. The van der Waals surface area contributed by atoms with E-state index in [1.54, 1.807) is 6.92 Å². The summed E-state index contributed by atoms with van der Waals surface area (Å²) in [7, 11) is -3.30. The SMILES string of the molecule is CC(C)[C@H](C)S(N)(=O)=O. The summed E-state index contributed by atoms with van der Waals surface area (Å²) in [5.41, 5.74) is 0. The van der Waals surface area contributed by atoms with Crippen molar-refractivity contribution in [2.75, 3.05) is 0 Å². The van der Waals surface area contributed by atoms with Crippen LogP contribution in [0.2, 0.25) is 0 Å². The second-order valence-electron chi connectivity index (χ2n) is 2.54. The maximum atomic E-state index is 10.6. The van der Waals surface area contributed by atoms with Gasteiger partial charge >= 0.3 is 0 Å². The molecule has 0 heterocycles. The Labute approximate surface area is 56.3 Å². The first-order valence-electron chi connectivity index (χ1n) is 2.87. The van der Waals surface area contributed by atoms with Gasteiger partial charge in [-0.1, -0.05) is 13.8 Å². The van der Waals surface area contributed by atoms with Gasteiger partial charge in [-0.25, -0.2) is 13.6 Å². The minimum absolute atomic E-state index is 0.0972. The molecule has 0 aromatic heterocycles. The Morgan fingerprint density at radius 3 is 1.56 bits per heavy atom. The van der Waals surface area contributed by atoms with Crippen LogP contribution in [0.4, 0.5) is 0 Å². The Balaban J connectivity index is 4.24. The molecule has 1 atom stereocenters. The Morgan fingerprint density at radius 2 is 1.56 bits per heavy atom. The normalized spacial score (nSPS) is 16.1. The summed E-state index contributed by atoms with van der Waals surface area (Å²) in [6.45, 7) is 5.27. The van der Waals surface area contributed by atoms with Crippen LogP contribution < -0.4 is 5.14 Å². The van der Waals surface area contributed by atoms with Gasteiger partial charge in [0.25, 0.3) is 0 Å². The standard InChI is InChI=1S/C5H13NO2S/c1-4(2)5(3)9(6,7)8/h4-5H,1-3H3,(H2,6,7,8)/t5-/m0/s1. The van der Waals surface area contributed by atoms with E-state index in [-0.39, 0.29) is 5.92 Å². The van der Waals surface area contributed by atoms with Crippen LogP contribution in [0.15, 0.2) is 0 Å². The number of hydrogen-bond donors (Lipinski definition) is 1. The number of nitrogens with two attached hydrogens (primary N) is 1. The van der Waals surface area contributed by atoms with Crippen molar-refractivity contribution in [3.05, 3.63) is 0 Å². The summed E-state index contributed by atoms with van der Waals surface area (Å²) in [5.74, 6) is 0.0972. The third kappa shape index (κ3) is 2.81. The van der Waals surface area contributed by atoms with Gasteiger partial charge in [0.05, 0.1) is 5.25 Å². The van der Waals surface area contributed by atoms with Gasteiger partial charge in [0, 0.05) is 0 Å². The van der Waals surface area contributed by atoms with Crippen molar-refractivity contribution in [2.24, 2.45) is 11.1 Å². The van der Waals surface area contributed by atoms with E-state index < -0.39 is 15.3 Å². The Bertz CT molecular complexity index is 171. The van der Waals surface area contributed by atoms with Gasteiger partial charge in [-0.15, -0.1) is 0 Å². The van der Waals surface area contributed by atoms with Crippen molar-refractivity contribution < 1.29 is 8.42 Å². The molecule has 56 valence electrons. The number of sulfonamides is 1. The fourth-order valence-corrected chi connectivity index (χ4v) is 1.14. The van der Waals surface area contributed by atoms with Gasteiger partial charge in [-0.05, 0) is 12.8 Å². The molecule has 0 rings (SSSR count). The molecule has 0 amide bonds. The second kappa shape index (κ2) is 2.66. The van der Waals surface area contributed by atoms with Crippen LogP contribution in [-0.4, -0.2) is 13.7 Å². The lowest BCUT2D eigenvalue weighted by atomic mass is 10.2. The van der Waals surface area contributed by atoms with E-state index in [4.69, 9.17) is 5.14 Å². The Kier molecular flexibility index (Phi) is 2.64. The number of primary sulfonamides is 1. The lowest BCUT2D eigenvalue weighted by Crippen LogP contribution is -2.29. The molecule has 0 bridgehead atoms. The predicted molar refractivity (Wildman–Crippen MR) is 37.4 cm³/mol. The fraction of sp³-hybridized carbons (Fsp3) is 1.00. The third-order valence-corrected chi connectivity index (χ3v) is 3.04. The minimum atomic E-state index is -3.30. The van der Waals surface area contributed by atoms with E-state index in [0.29, 0.717) is 0 Å². The minimum Gasteiger partial charge on any atom is -0.228 e. The molecule has 4 heteroatoms. The Hall–Kier alpha value is -0.0900. The molecule has 0 unspecified atom stereocenters. The van der Waals surface area contributed by atoms with Gasteiger partial charge in [-0.3, -0.25) is 0 Å². The third-order valence-electron chi connectivity index (χ3n) is 1.46. The number of rotatable bonds is 2. The van der Waals surface area contributed by atoms with Crippen LogP contribution in [0.25, 0.3) is 0 Å². The molecule has 9 heavy (non-hydrogen) atoms. The second-order valence-corrected chi connectivity index (χ2v) is 4.46. The van der Waals surface area contributed by atoms with E-state index in [1.807, 2.05) is 13.8 Å². The van der Waals surface area contributed by atoms with Crippen molar-refractivity contribution in [1.82, 2.24) is 0 Å². The summed E-state index contributed by atoms with van der Waals surface area (Å²) in [6, 6.07) is 0. The van der Waals surface area contributed by atoms with Gasteiger partial charge in [0.1, 0.15) is 0 Å². The summed E-state index contributed by atoms with van der Waals surface area (Å²) in [5, 5.41) is 4.42. The highest BCUT2D eigenvalue weighted by atomic mass is 32.2. The molecule has 0 saturated carbocycles.